The SMILES string of the molecule is O=C(CCCC(=O)OC(C(O)c1ccccc1)[P+](=O)O)OC(C(O)c1ccccc1)[P+](=O)O. The first-order valence-corrected chi connectivity index (χ1v) is 12.4. The zero-order valence-corrected chi connectivity index (χ0v) is 19.1. The summed E-state index contributed by atoms with van der Waals surface area (Å²) in [5, 5.41) is 20.5. The van der Waals surface area contributed by atoms with Crippen LogP contribution in [0, 0.1) is 0 Å². The molecule has 0 amide bonds. The van der Waals surface area contributed by atoms with Gasteiger partial charge >= 0.3 is 39.7 Å². The van der Waals surface area contributed by atoms with Crippen LogP contribution in [0.1, 0.15) is 42.6 Å². The van der Waals surface area contributed by atoms with E-state index in [0.29, 0.717) is 0 Å². The summed E-state index contributed by atoms with van der Waals surface area (Å²) in [6.07, 6.45) is -3.81. The molecule has 0 aliphatic carbocycles. The minimum Gasteiger partial charge on any atom is -0.411 e. The molecule has 0 spiro atoms. The van der Waals surface area contributed by atoms with Crippen molar-refractivity contribution in [2.75, 3.05) is 0 Å². The average molecular weight is 498 g/mol. The lowest BCUT2D eigenvalue weighted by molar-refractivity contribution is -0.152. The van der Waals surface area contributed by atoms with E-state index in [4.69, 9.17) is 9.47 Å². The number of carbonyl (C=O) groups is 2. The second-order valence-corrected chi connectivity index (χ2v) is 9.16. The molecule has 2 aromatic carbocycles. The summed E-state index contributed by atoms with van der Waals surface area (Å²) in [6, 6.07) is 15.8. The highest BCUT2D eigenvalue weighted by Gasteiger charge is 2.42. The van der Waals surface area contributed by atoms with Crippen LogP contribution in [0.4, 0.5) is 0 Å². The van der Waals surface area contributed by atoms with Crippen molar-refractivity contribution in [3.8, 4) is 0 Å². The summed E-state index contributed by atoms with van der Waals surface area (Å²) in [5.74, 6) is -5.22. The maximum Gasteiger partial charge on any atom is 0.554 e. The minimum absolute atomic E-state index is 0.0929. The predicted octanol–water partition coefficient (Wildman–Crippen LogP) is 2.83. The van der Waals surface area contributed by atoms with Crippen molar-refractivity contribution in [1.82, 2.24) is 0 Å². The van der Waals surface area contributed by atoms with Gasteiger partial charge in [0.1, 0.15) is 0 Å². The Balaban J connectivity index is 1.86. The van der Waals surface area contributed by atoms with Crippen LogP contribution in [0.15, 0.2) is 60.7 Å². The summed E-state index contributed by atoms with van der Waals surface area (Å²) in [5.41, 5.74) is 0.579. The Morgan fingerprint density at radius 3 is 1.33 bits per heavy atom. The summed E-state index contributed by atoms with van der Waals surface area (Å²) in [6.45, 7) is 0. The molecule has 12 heteroatoms. The van der Waals surface area contributed by atoms with E-state index in [1.165, 1.54) is 24.3 Å². The van der Waals surface area contributed by atoms with Gasteiger partial charge in [0, 0.05) is 12.8 Å². The van der Waals surface area contributed by atoms with Gasteiger partial charge in [-0.1, -0.05) is 60.7 Å². The van der Waals surface area contributed by atoms with E-state index >= 15 is 0 Å². The van der Waals surface area contributed by atoms with Crippen molar-refractivity contribution in [3.63, 3.8) is 0 Å². The first-order valence-electron chi connectivity index (χ1n) is 9.86. The Morgan fingerprint density at radius 1 is 0.697 bits per heavy atom. The molecule has 0 fully saturated rings. The number of aliphatic hydroxyl groups excluding tert-OH is 2. The topological polar surface area (TPSA) is 168 Å². The Morgan fingerprint density at radius 2 is 1.03 bits per heavy atom. The zero-order valence-electron chi connectivity index (χ0n) is 17.3. The third-order valence-electron chi connectivity index (χ3n) is 4.52. The molecule has 10 nitrogen and oxygen atoms in total. The fourth-order valence-corrected chi connectivity index (χ4v) is 4.10. The zero-order chi connectivity index (χ0) is 24.4. The second kappa shape index (κ2) is 13.2. The number of benzene rings is 2. The minimum atomic E-state index is -3.06. The highest BCUT2D eigenvalue weighted by molar-refractivity contribution is 7.39. The maximum atomic E-state index is 12.0. The highest BCUT2D eigenvalue weighted by Crippen LogP contribution is 2.36. The van der Waals surface area contributed by atoms with Gasteiger partial charge in [0.05, 0.1) is 0 Å². The van der Waals surface area contributed by atoms with E-state index < -0.39 is 51.9 Å². The standard InChI is InChI=1S/C21H22O10P2/c22-16(30-20(32(26)27)18(24)14-8-3-1-4-9-14)12-7-13-17(23)31-21(33(28)29)19(25)15-10-5-2-6-11-15/h1-6,8-11,18-21,24-25H,7,12-13H2/p+2. The van der Waals surface area contributed by atoms with Gasteiger partial charge in [0.25, 0.3) is 0 Å². The van der Waals surface area contributed by atoms with E-state index in [1.54, 1.807) is 36.4 Å². The van der Waals surface area contributed by atoms with Crippen LogP contribution in [-0.4, -0.2) is 43.6 Å². The van der Waals surface area contributed by atoms with Gasteiger partial charge in [-0.3, -0.25) is 9.59 Å². The van der Waals surface area contributed by atoms with Crippen LogP contribution in [0.25, 0.3) is 0 Å². The van der Waals surface area contributed by atoms with Crippen molar-refractivity contribution >= 4 is 28.0 Å². The van der Waals surface area contributed by atoms with Crippen molar-refractivity contribution in [2.45, 2.75) is 43.2 Å². The first kappa shape index (κ1) is 26.7. The van der Waals surface area contributed by atoms with Gasteiger partial charge in [0.2, 0.25) is 0 Å². The Bertz CT molecular complexity index is 877. The van der Waals surface area contributed by atoms with Crippen molar-refractivity contribution in [3.05, 3.63) is 71.8 Å². The van der Waals surface area contributed by atoms with Gasteiger partial charge in [-0.25, -0.2) is 0 Å². The van der Waals surface area contributed by atoms with Crippen LogP contribution in [0.5, 0.6) is 0 Å². The molecule has 176 valence electrons. The van der Waals surface area contributed by atoms with Gasteiger partial charge in [-0.2, -0.15) is 9.79 Å². The van der Waals surface area contributed by atoms with E-state index in [0.717, 1.165) is 0 Å². The van der Waals surface area contributed by atoms with E-state index in [1.807, 2.05) is 0 Å². The predicted molar refractivity (Wildman–Crippen MR) is 116 cm³/mol. The number of rotatable bonds is 12. The quantitative estimate of drug-likeness (QED) is 0.252. The molecule has 0 radical (unpaired) electrons. The van der Waals surface area contributed by atoms with Crippen LogP contribution in [-0.2, 0) is 28.2 Å². The molecule has 2 rings (SSSR count). The lowest BCUT2D eigenvalue weighted by Crippen LogP contribution is -2.24. The molecular formula is C21H24O10P2+2. The molecule has 0 aromatic heterocycles. The van der Waals surface area contributed by atoms with Crippen LogP contribution < -0.4 is 0 Å². The molecule has 0 saturated heterocycles. The fourth-order valence-electron chi connectivity index (χ4n) is 2.85. The summed E-state index contributed by atoms with van der Waals surface area (Å²) < 4.78 is 33.0. The maximum absolute atomic E-state index is 12.0. The number of carbonyl (C=O) groups excluding carboxylic acids is 2. The van der Waals surface area contributed by atoms with Crippen LogP contribution >= 0.6 is 16.1 Å². The smallest absolute Gasteiger partial charge is 0.411 e. The summed E-state index contributed by atoms with van der Waals surface area (Å²) >= 11 is 0. The summed E-state index contributed by atoms with van der Waals surface area (Å²) in [7, 11) is -6.12. The number of ether oxygens (including phenoxy) is 2. The molecule has 0 heterocycles. The Kier molecular flexibility index (Phi) is 10.7. The van der Waals surface area contributed by atoms with Crippen molar-refractivity contribution in [2.24, 2.45) is 0 Å². The molecule has 6 atom stereocenters. The third kappa shape index (κ3) is 8.37. The molecule has 0 aliphatic heterocycles. The van der Waals surface area contributed by atoms with Gasteiger partial charge < -0.3 is 19.7 Å². The van der Waals surface area contributed by atoms with Gasteiger partial charge in [-0.15, -0.1) is 0 Å². The molecule has 6 unspecified atom stereocenters. The number of esters is 2. The molecule has 4 N–H and O–H groups in total. The van der Waals surface area contributed by atoms with E-state index in [9.17, 15) is 38.7 Å². The second-order valence-electron chi connectivity index (χ2n) is 6.93. The Labute approximate surface area is 191 Å². The molecule has 33 heavy (non-hydrogen) atoms. The van der Waals surface area contributed by atoms with Crippen LogP contribution in [0.2, 0.25) is 0 Å². The van der Waals surface area contributed by atoms with Crippen molar-refractivity contribution < 1.29 is 48.2 Å². The van der Waals surface area contributed by atoms with Gasteiger partial charge in [-0.05, 0) is 26.7 Å². The number of hydrogen-bond acceptors (Lipinski definition) is 8. The van der Waals surface area contributed by atoms with E-state index in [-0.39, 0.29) is 30.4 Å². The van der Waals surface area contributed by atoms with Crippen molar-refractivity contribution in [1.29, 1.82) is 0 Å². The number of hydrogen-bond donors (Lipinski definition) is 4. The Hall–Kier alpha value is -2.58. The largest absolute Gasteiger partial charge is 0.554 e. The van der Waals surface area contributed by atoms with Crippen LogP contribution in [0.3, 0.4) is 0 Å². The van der Waals surface area contributed by atoms with E-state index in [2.05, 4.69) is 0 Å². The molecule has 0 saturated carbocycles. The number of aliphatic hydroxyl groups is 2. The molecule has 0 bridgehead atoms. The van der Waals surface area contributed by atoms with Gasteiger partial charge in [0.15, 0.2) is 12.2 Å². The lowest BCUT2D eigenvalue weighted by atomic mass is 10.1. The molecule has 0 aliphatic rings. The summed E-state index contributed by atoms with van der Waals surface area (Å²) in [4.78, 5) is 42.9. The molecule has 2 aromatic rings. The monoisotopic (exact) mass is 498 g/mol. The highest BCUT2D eigenvalue weighted by atomic mass is 31.1. The fraction of sp³-hybridized carbons (Fsp3) is 0.333. The average Bonchev–Trinajstić information content (AvgIpc) is 2.81. The normalized spacial score (nSPS) is 15.5. The lowest BCUT2D eigenvalue weighted by Gasteiger charge is -2.15. The third-order valence-corrected chi connectivity index (χ3v) is 6.17. The molecular weight excluding hydrogens is 474 g/mol. The first-order chi connectivity index (χ1) is 15.7.